The van der Waals surface area contributed by atoms with Crippen molar-refractivity contribution in [3.63, 3.8) is 0 Å². The van der Waals surface area contributed by atoms with E-state index in [0.29, 0.717) is 24.3 Å². The Morgan fingerprint density at radius 3 is 2.23 bits per heavy atom. The number of halogens is 1. The minimum atomic E-state index is -0.660. The standard InChI is InChI=1S/C20H22ClN3O2/c1-15(21)19(25)22-18-10-6-5-9-17(18)20(26)24-13-11-23(12-14-24)16-7-3-2-4-8-16/h2-10,15H,11-14H2,1H3,(H,22,25)/t15-/m1/s1. The number of anilines is 2. The van der Waals surface area contributed by atoms with Crippen LogP contribution >= 0.6 is 11.6 Å². The number of hydrogen-bond acceptors (Lipinski definition) is 3. The van der Waals surface area contributed by atoms with Crippen LogP contribution in [0.15, 0.2) is 54.6 Å². The largest absolute Gasteiger partial charge is 0.368 e. The van der Waals surface area contributed by atoms with Gasteiger partial charge in [-0.05, 0) is 31.2 Å². The molecule has 0 spiro atoms. The molecule has 1 heterocycles. The fourth-order valence-corrected chi connectivity index (χ4v) is 3.04. The van der Waals surface area contributed by atoms with Crippen LogP contribution in [0.1, 0.15) is 17.3 Å². The molecule has 0 bridgehead atoms. The smallest absolute Gasteiger partial charge is 0.256 e. The molecule has 2 aromatic rings. The molecule has 0 radical (unpaired) electrons. The van der Waals surface area contributed by atoms with E-state index < -0.39 is 5.38 Å². The van der Waals surface area contributed by atoms with Crippen molar-refractivity contribution in [2.45, 2.75) is 12.3 Å². The molecular weight excluding hydrogens is 350 g/mol. The summed E-state index contributed by atoms with van der Waals surface area (Å²) in [5, 5.41) is 2.08. The third kappa shape index (κ3) is 4.17. The van der Waals surface area contributed by atoms with Crippen LogP contribution in [0.3, 0.4) is 0 Å². The van der Waals surface area contributed by atoms with Crippen LogP contribution in [0.2, 0.25) is 0 Å². The summed E-state index contributed by atoms with van der Waals surface area (Å²) in [5.74, 6) is -0.392. The Bertz CT molecular complexity index is 772. The molecule has 0 aliphatic carbocycles. The SMILES string of the molecule is C[C@@H](Cl)C(=O)Nc1ccccc1C(=O)N1CCN(c2ccccc2)CC1. The highest BCUT2D eigenvalue weighted by molar-refractivity contribution is 6.32. The Kier molecular flexibility index (Phi) is 5.78. The van der Waals surface area contributed by atoms with Crippen molar-refractivity contribution in [1.82, 2.24) is 4.90 Å². The second-order valence-electron chi connectivity index (χ2n) is 6.27. The van der Waals surface area contributed by atoms with Crippen molar-refractivity contribution in [1.29, 1.82) is 0 Å². The second kappa shape index (κ2) is 8.23. The van der Waals surface area contributed by atoms with Crippen LogP contribution in [-0.2, 0) is 4.79 Å². The van der Waals surface area contributed by atoms with Gasteiger partial charge in [0.25, 0.3) is 5.91 Å². The lowest BCUT2D eigenvalue weighted by molar-refractivity contribution is -0.115. The predicted octanol–water partition coefficient (Wildman–Crippen LogP) is 3.21. The van der Waals surface area contributed by atoms with Crippen LogP contribution in [0, 0.1) is 0 Å². The van der Waals surface area contributed by atoms with Crippen molar-refractivity contribution >= 4 is 34.8 Å². The minimum absolute atomic E-state index is 0.0733. The lowest BCUT2D eigenvalue weighted by atomic mass is 10.1. The normalized spacial score (nSPS) is 15.5. The molecule has 5 nitrogen and oxygen atoms in total. The van der Waals surface area contributed by atoms with Gasteiger partial charge in [-0.1, -0.05) is 30.3 Å². The predicted molar refractivity (Wildman–Crippen MR) is 105 cm³/mol. The Morgan fingerprint density at radius 2 is 1.58 bits per heavy atom. The zero-order chi connectivity index (χ0) is 18.5. The quantitative estimate of drug-likeness (QED) is 0.839. The third-order valence-corrected chi connectivity index (χ3v) is 4.66. The van der Waals surface area contributed by atoms with Gasteiger partial charge in [-0.15, -0.1) is 11.6 Å². The lowest BCUT2D eigenvalue weighted by Crippen LogP contribution is -2.49. The summed E-state index contributed by atoms with van der Waals surface area (Å²) in [6.45, 7) is 4.44. The molecule has 136 valence electrons. The zero-order valence-electron chi connectivity index (χ0n) is 14.7. The van der Waals surface area contributed by atoms with E-state index >= 15 is 0 Å². The lowest BCUT2D eigenvalue weighted by Gasteiger charge is -2.36. The average molecular weight is 372 g/mol. The van der Waals surface area contributed by atoms with Gasteiger partial charge in [0.15, 0.2) is 0 Å². The summed E-state index contributed by atoms with van der Waals surface area (Å²) in [6, 6.07) is 17.2. The van der Waals surface area contributed by atoms with Gasteiger partial charge in [-0.25, -0.2) is 0 Å². The Labute approximate surface area is 158 Å². The molecule has 26 heavy (non-hydrogen) atoms. The molecule has 1 aliphatic heterocycles. The van der Waals surface area contributed by atoms with E-state index in [1.165, 1.54) is 5.69 Å². The topological polar surface area (TPSA) is 52.7 Å². The number of carbonyl (C=O) groups excluding carboxylic acids is 2. The maximum absolute atomic E-state index is 12.9. The number of nitrogens with one attached hydrogen (secondary N) is 1. The van der Waals surface area contributed by atoms with Crippen LogP contribution in [0.4, 0.5) is 11.4 Å². The van der Waals surface area contributed by atoms with E-state index in [4.69, 9.17) is 11.6 Å². The van der Waals surface area contributed by atoms with E-state index in [1.54, 1.807) is 31.2 Å². The number of hydrogen-bond donors (Lipinski definition) is 1. The van der Waals surface area contributed by atoms with Crippen molar-refractivity contribution in [3.05, 3.63) is 60.2 Å². The van der Waals surface area contributed by atoms with E-state index in [2.05, 4.69) is 22.3 Å². The molecule has 0 aromatic heterocycles. The van der Waals surface area contributed by atoms with Crippen molar-refractivity contribution in [2.75, 3.05) is 36.4 Å². The number of amides is 2. The maximum Gasteiger partial charge on any atom is 0.256 e. The maximum atomic E-state index is 12.9. The first-order valence-electron chi connectivity index (χ1n) is 8.69. The van der Waals surface area contributed by atoms with Crippen LogP contribution in [0.5, 0.6) is 0 Å². The second-order valence-corrected chi connectivity index (χ2v) is 6.92. The molecule has 1 saturated heterocycles. The number of carbonyl (C=O) groups is 2. The fraction of sp³-hybridized carbons (Fsp3) is 0.300. The summed E-state index contributed by atoms with van der Waals surface area (Å²) in [6.07, 6.45) is 0. The van der Waals surface area contributed by atoms with Gasteiger partial charge >= 0.3 is 0 Å². The molecule has 6 heteroatoms. The van der Waals surface area contributed by atoms with Crippen LogP contribution < -0.4 is 10.2 Å². The molecule has 0 unspecified atom stereocenters. The molecule has 1 atom stereocenters. The van der Waals surface area contributed by atoms with Crippen molar-refractivity contribution < 1.29 is 9.59 Å². The number of piperazine rings is 1. The average Bonchev–Trinajstić information content (AvgIpc) is 2.68. The van der Waals surface area contributed by atoms with Crippen molar-refractivity contribution in [3.8, 4) is 0 Å². The Hall–Kier alpha value is -2.53. The van der Waals surface area contributed by atoms with Gasteiger partial charge in [0, 0.05) is 31.9 Å². The third-order valence-electron chi connectivity index (χ3n) is 4.46. The number of benzene rings is 2. The van der Waals surface area contributed by atoms with Gasteiger partial charge in [-0.2, -0.15) is 0 Å². The number of alkyl halides is 1. The summed E-state index contributed by atoms with van der Waals surface area (Å²) in [4.78, 5) is 28.9. The zero-order valence-corrected chi connectivity index (χ0v) is 15.4. The molecule has 2 aromatic carbocycles. The first-order valence-corrected chi connectivity index (χ1v) is 9.13. The van der Waals surface area contributed by atoms with Gasteiger partial charge < -0.3 is 15.1 Å². The monoisotopic (exact) mass is 371 g/mol. The number of nitrogens with zero attached hydrogens (tertiary/aromatic N) is 2. The summed E-state index contributed by atoms with van der Waals surface area (Å²) >= 11 is 5.82. The summed E-state index contributed by atoms with van der Waals surface area (Å²) in [5.41, 5.74) is 2.16. The highest BCUT2D eigenvalue weighted by atomic mass is 35.5. The molecule has 1 fully saturated rings. The van der Waals surface area contributed by atoms with E-state index in [9.17, 15) is 9.59 Å². The summed E-state index contributed by atoms with van der Waals surface area (Å²) in [7, 11) is 0. The molecule has 2 amide bonds. The number of rotatable bonds is 4. The van der Waals surface area contributed by atoms with Crippen LogP contribution in [0.25, 0.3) is 0 Å². The fourth-order valence-electron chi connectivity index (χ4n) is 2.99. The Balaban J connectivity index is 1.68. The molecule has 1 aliphatic rings. The molecule has 0 saturated carbocycles. The van der Waals surface area contributed by atoms with Crippen LogP contribution in [-0.4, -0.2) is 48.3 Å². The van der Waals surface area contributed by atoms with E-state index in [1.807, 2.05) is 23.1 Å². The first-order chi connectivity index (χ1) is 12.6. The van der Waals surface area contributed by atoms with Gasteiger partial charge in [0.05, 0.1) is 11.3 Å². The van der Waals surface area contributed by atoms with Crippen molar-refractivity contribution in [2.24, 2.45) is 0 Å². The van der Waals surface area contributed by atoms with Gasteiger partial charge in [0.2, 0.25) is 5.91 Å². The van der Waals surface area contributed by atoms with Gasteiger partial charge in [-0.3, -0.25) is 9.59 Å². The highest BCUT2D eigenvalue weighted by Crippen LogP contribution is 2.21. The minimum Gasteiger partial charge on any atom is -0.368 e. The van der Waals surface area contributed by atoms with Gasteiger partial charge in [0.1, 0.15) is 5.38 Å². The molecular formula is C20H22ClN3O2. The van der Waals surface area contributed by atoms with E-state index in [-0.39, 0.29) is 11.8 Å². The number of para-hydroxylation sites is 2. The summed E-state index contributed by atoms with van der Waals surface area (Å²) < 4.78 is 0. The Morgan fingerprint density at radius 1 is 0.962 bits per heavy atom. The molecule has 1 N–H and O–H groups in total. The first kappa shape index (κ1) is 18.3. The highest BCUT2D eigenvalue weighted by Gasteiger charge is 2.24. The molecule has 3 rings (SSSR count). The van der Waals surface area contributed by atoms with E-state index in [0.717, 1.165) is 13.1 Å².